The molecular weight excluding hydrogens is 242 g/mol. The highest BCUT2D eigenvalue weighted by atomic mass is 16.5. The molecule has 100 valence electrons. The van der Waals surface area contributed by atoms with E-state index in [2.05, 4.69) is 25.0 Å². The molecule has 0 amide bonds. The Bertz CT molecular complexity index is 550. The quantitative estimate of drug-likeness (QED) is 0.837. The number of likely N-dealkylation sites (tertiary alicyclic amines) is 1. The molecule has 0 saturated carbocycles. The number of nitrogens with zero attached hydrogens (tertiary/aromatic N) is 5. The SMILES string of the molecule is Cc1cnc(CN2CCC[C@@H]2c2noc(C)n2)cn1. The van der Waals surface area contributed by atoms with Crippen LogP contribution >= 0.6 is 0 Å². The topological polar surface area (TPSA) is 67.9 Å². The van der Waals surface area contributed by atoms with Crippen LogP contribution in [-0.2, 0) is 6.54 Å². The Morgan fingerprint density at radius 1 is 1.32 bits per heavy atom. The average molecular weight is 259 g/mol. The van der Waals surface area contributed by atoms with Crippen molar-refractivity contribution in [3.63, 3.8) is 0 Å². The van der Waals surface area contributed by atoms with Crippen molar-refractivity contribution in [2.75, 3.05) is 6.54 Å². The van der Waals surface area contributed by atoms with E-state index in [0.29, 0.717) is 5.89 Å². The second kappa shape index (κ2) is 5.05. The van der Waals surface area contributed by atoms with Gasteiger partial charge in [-0.1, -0.05) is 5.16 Å². The minimum Gasteiger partial charge on any atom is -0.340 e. The molecule has 0 bridgehead atoms. The summed E-state index contributed by atoms with van der Waals surface area (Å²) in [6.45, 7) is 5.58. The normalized spacial score (nSPS) is 20.0. The Balaban J connectivity index is 1.74. The predicted octanol–water partition coefficient (Wildman–Crippen LogP) is 1.81. The molecule has 0 radical (unpaired) electrons. The van der Waals surface area contributed by atoms with Crippen molar-refractivity contribution < 1.29 is 4.52 Å². The highest BCUT2D eigenvalue weighted by Crippen LogP contribution is 2.31. The van der Waals surface area contributed by atoms with Gasteiger partial charge in [0.1, 0.15) is 0 Å². The molecule has 19 heavy (non-hydrogen) atoms. The van der Waals surface area contributed by atoms with Gasteiger partial charge < -0.3 is 4.52 Å². The third kappa shape index (κ3) is 2.63. The van der Waals surface area contributed by atoms with E-state index >= 15 is 0 Å². The largest absolute Gasteiger partial charge is 0.340 e. The molecule has 0 spiro atoms. The third-order valence-electron chi connectivity index (χ3n) is 3.40. The van der Waals surface area contributed by atoms with E-state index in [1.807, 2.05) is 20.0 Å². The minimum absolute atomic E-state index is 0.237. The maximum absolute atomic E-state index is 5.08. The van der Waals surface area contributed by atoms with Crippen LogP contribution in [0.3, 0.4) is 0 Å². The molecule has 1 fully saturated rings. The first-order valence-corrected chi connectivity index (χ1v) is 6.54. The number of aryl methyl sites for hydroxylation is 2. The monoisotopic (exact) mass is 259 g/mol. The Labute approximate surface area is 111 Å². The highest BCUT2D eigenvalue weighted by molar-refractivity contribution is 5.04. The standard InChI is InChI=1S/C13H17N5O/c1-9-6-15-11(7-14-9)8-18-5-3-4-12(18)13-16-10(2)19-17-13/h6-7,12H,3-5,8H2,1-2H3/t12-/m1/s1. The van der Waals surface area contributed by atoms with Crippen LogP contribution in [0.25, 0.3) is 0 Å². The summed E-state index contributed by atoms with van der Waals surface area (Å²) in [6.07, 6.45) is 5.86. The van der Waals surface area contributed by atoms with Gasteiger partial charge in [0, 0.05) is 25.9 Å². The van der Waals surface area contributed by atoms with E-state index in [4.69, 9.17) is 4.52 Å². The molecule has 0 aromatic carbocycles. The van der Waals surface area contributed by atoms with Gasteiger partial charge in [-0.2, -0.15) is 4.98 Å². The Kier molecular flexibility index (Phi) is 3.25. The van der Waals surface area contributed by atoms with Crippen molar-refractivity contribution in [2.24, 2.45) is 0 Å². The zero-order chi connectivity index (χ0) is 13.2. The van der Waals surface area contributed by atoms with Crippen LogP contribution in [0.1, 0.15) is 42.0 Å². The fourth-order valence-electron chi connectivity index (χ4n) is 2.47. The van der Waals surface area contributed by atoms with E-state index in [1.54, 1.807) is 6.20 Å². The van der Waals surface area contributed by atoms with Gasteiger partial charge in [0.25, 0.3) is 0 Å². The summed E-state index contributed by atoms with van der Waals surface area (Å²) in [7, 11) is 0. The molecule has 0 N–H and O–H groups in total. The first-order chi connectivity index (χ1) is 9.22. The van der Waals surface area contributed by atoms with E-state index in [-0.39, 0.29) is 6.04 Å². The summed E-state index contributed by atoms with van der Waals surface area (Å²) in [6, 6.07) is 0.237. The molecular formula is C13H17N5O. The second-order valence-electron chi connectivity index (χ2n) is 4.95. The highest BCUT2D eigenvalue weighted by Gasteiger charge is 2.29. The molecule has 2 aromatic heterocycles. The predicted molar refractivity (Wildman–Crippen MR) is 68.2 cm³/mol. The second-order valence-corrected chi connectivity index (χ2v) is 4.95. The lowest BCUT2D eigenvalue weighted by molar-refractivity contribution is 0.231. The van der Waals surface area contributed by atoms with Crippen LogP contribution in [0.15, 0.2) is 16.9 Å². The molecule has 6 heteroatoms. The van der Waals surface area contributed by atoms with Crippen molar-refractivity contribution in [3.05, 3.63) is 35.5 Å². The fourth-order valence-corrected chi connectivity index (χ4v) is 2.47. The summed E-state index contributed by atoms with van der Waals surface area (Å²) in [5.41, 5.74) is 1.92. The zero-order valence-corrected chi connectivity index (χ0v) is 11.2. The number of hydrogen-bond acceptors (Lipinski definition) is 6. The first-order valence-electron chi connectivity index (χ1n) is 6.54. The summed E-state index contributed by atoms with van der Waals surface area (Å²) < 4.78 is 5.08. The summed E-state index contributed by atoms with van der Waals surface area (Å²) in [4.78, 5) is 15.4. The van der Waals surface area contributed by atoms with E-state index in [0.717, 1.165) is 43.1 Å². The van der Waals surface area contributed by atoms with Crippen molar-refractivity contribution in [1.82, 2.24) is 25.0 Å². The molecule has 1 aliphatic rings. The van der Waals surface area contributed by atoms with Crippen LogP contribution in [0, 0.1) is 13.8 Å². The van der Waals surface area contributed by atoms with Crippen molar-refractivity contribution in [2.45, 2.75) is 39.3 Å². The van der Waals surface area contributed by atoms with Crippen molar-refractivity contribution in [3.8, 4) is 0 Å². The van der Waals surface area contributed by atoms with Crippen LogP contribution in [0.2, 0.25) is 0 Å². The maximum atomic E-state index is 5.08. The van der Waals surface area contributed by atoms with Gasteiger partial charge in [-0.15, -0.1) is 0 Å². The molecule has 2 aromatic rings. The maximum Gasteiger partial charge on any atom is 0.223 e. The molecule has 1 saturated heterocycles. The van der Waals surface area contributed by atoms with Crippen LogP contribution < -0.4 is 0 Å². The summed E-state index contributed by atoms with van der Waals surface area (Å²) in [5, 5.41) is 4.04. The van der Waals surface area contributed by atoms with Crippen LogP contribution in [0.4, 0.5) is 0 Å². The molecule has 1 aliphatic heterocycles. The van der Waals surface area contributed by atoms with Gasteiger partial charge in [-0.3, -0.25) is 14.9 Å². The van der Waals surface area contributed by atoms with E-state index in [1.165, 1.54) is 0 Å². The van der Waals surface area contributed by atoms with Gasteiger partial charge in [-0.25, -0.2) is 0 Å². The number of rotatable bonds is 3. The van der Waals surface area contributed by atoms with E-state index in [9.17, 15) is 0 Å². The molecule has 3 heterocycles. The molecule has 1 atom stereocenters. The van der Waals surface area contributed by atoms with Crippen LogP contribution in [0.5, 0.6) is 0 Å². The average Bonchev–Trinajstić information content (AvgIpc) is 3.01. The van der Waals surface area contributed by atoms with Crippen molar-refractivity contribution >= 4 is 0 Å². The fraction of sp³-hybridized carbons (Fsp3) is 0.538. The van der Waals surface area contributed by atoms with Gasteiger partial charge in [0.15, 0.2) is 5.82 Å². The lowest BCUT2D eigenvalue weighted by Crippen LogP contribution is -2.24. The Hall–Kier alpha value is -1.82. The number of hydrogen-bond donors (Lipinski definition) is 0. The Morgan fingerprint density at radius 2 is 2.21 bits per heavy atom. The number of aromatic nitrogens is 4. The smallest absolute Gasteiger partial charge is 0.223 e. The minimum atomic E-state index is 0.237. The Morgan fingerprint density at radius 3 is 2.89 bits per heavy atom. The third-order valence-corrected chi connectivity index (χ3v) is 3.40. The zero-order valence-electron chi connectivity index (χ0n) is 11.2. The van der Waals surface area contributed by atoms with Crippen LogP contribution in [-0.4, -0.2) is 31.6 Å². The molecule has 0 aliphatic carbocycles. The lowest BCUT2D eigenvalue weighted by atomic mass is 10.2. The van der Waals surface area contributed by atoms with Gasteiger partial charge >= 0.3 is 0 Å². The lowest BCUT2D eigenvalue weighted by Gasteiger charge is -2.21. The van der Waals surface area contributed by atoms with Gasteiger partial charge in [-0.05, 0) is 26.3 Å². The molecule has 0 unspecified atom stereocenters. The molecule has 6 nitrogen and oxygen atoms in total. The summed E-state index contributed by atoms with van der Waals surface area (Å²) in [5.74, 6) is 1.41. The molecule has 3 rings (SSSR count). The van der Waals surface area contributed by atoms with Gasteiger partial charge in [0.2, 0.25) is 5.89 Å². The van der Waals surface area contributed by atoms with E-state index < -0.39 is 0 Å². The first kappa shape index (κ1) is 12.2. The van der Waals surface area contributed by atoms with Gasteiger partial charge in [0.05, 0.1) is 17.4 Å². The summed E-state index contributed by atoms with van der Waals surface area (Å²) >= 11 is 0. The van der Waals surface area contributed by atoms with Crippen molar-refractivity contribution in [1.29, 1.82) is 0 Å².